The third-order valence-electron chi connectivity index (χ3n) is 3.38. The van der Waals surface area contributed by atoms with Crippen LogP contribution in [0.1, 0.15) is 12.5 Å². The van der Waals surface area contributed by atoms with Gasteiger partial charge in [0.1, 0.15) is 0 Å². The molecule has 0 amide bonds. The molecule has 20 heavy (non-hydrogen) atoms. The van der Waals surface area contributed by atoms with Gasteiger partial charge in [0.15, 0.2) is 0 Å². The molecule has 0 spiro atoms. The third-order valence-corrected chi connectivity index (χ3v) is 3.38. The molecule has 2 aromatic carbocycles. The summed E-state index contributed by atoms with van der Waals surface area (Å²) in [7, 11) is 0. The van der Waals surface area contributed by atoms with E-state index in [9.17, 15) is 0 Å². The minimum Gasteiger partial charge on any atom is -0.399 e. The highest BCUT2D eigenvalue weighted by atomic mass is 15.3. The number of rotatable bonds is 3. The SMILES string of the molecule is CCN(c1cccc(C)c1)c1nc2ccc(N)cc2[nH]1. The fraction of sp³-hybridized carbons (Fsp3) is 0.188. The van der Waals surface area contributed by atoms with Crippen molar-refractivity contribution in [3.8, 4) is 0 Å². The van der Waals surface area contributed by atoms with Crippen LogP contribution in [-0.4, -0.2) is 16.5 Å². The minimum absolute atomic E-state index is 0.742. The van der Waals surface area contributed by atoms with Gasteiger partial charge >= 0.3 is 0 Å². The fourth-order valence-corrected chi connectivity index (χ4v) is 2.39. The number of aromatic amines is 1. The van der Waals surface area contributed by atoms with E-state index in [0.717, 1.165) is 34.9 Å². The summed E-state index contributed by atoms with van der Waals surface area (Å²) in [5.74, 6) is 0.846. The number of imidazole rings is 1. The smallest absolute Gasteiger partial charge is 0.208 e. The monoisotopic (exact) mass is 266 g/mol. The van der Waals surface area contributed by atoms with Gasteiger partial charge in [-0.15, -0.1) is 0 Å². The van der Waals surface area contributed by atoms with Crippen LogP contribution in [0.15, 0.2) is 42.5 Å². The first kappa shape index (κ1) is 12.5. The van der Waals surface area contributed by atoms with Crippen molar-refractivity contribution in [2.24, 2.45) is 0 Å². The molecule has 4 nitrogen and oxygen atoms in total. The van der Waals surface area contributed by atoms with E-state index < -0.39 is 0 Å². The lowest BCUT2D eigenvalue weighted by Gasteiger charge is -2.20. The first-order valence-electron chi connectivity index (χ1n) is 6.77. The lowest BCUT2D eigenvalue weighted by molar-refractivity contribution is 0.973. The molecule has 0 saturated heterocycles. The van der Waals surface area contributed by atoms with Crippen LogP contribution in [0.2, 0.25) is 0 Å². The number of hydrogen-bond donors (Lipinski definition) is 2. The Bertz CT molecular complexity index is 745. The van der Waals surface area contributed by atoms with Crippen LogP contribution in [-0.2, 0) is 0 Å². The summed E-state index contributed by atoms with van der Waals surface area (Å²) in [5.41, 5.74) is 10.8. The number of H-pyrrole nitrogens is 1. The summed E-state index contributed by atoms with van der Waals surface area (Å²) < 4.78 is 0. The zero-order chi connectivity index (χ0) is 14.1. The number of aryl methyl sites for hydroxylation is 1. The summed E-state index contributed by atoms with van der Waals surface area (Å²) in [6.07, 6.45) is 0. The van der Waals surface area contributed by atoms with Gasteiger partial charge in [-0.3, -0.25) is 0 Å². The molecule has 0 aliphatic heterocycles. The van der Waals surface area contributed by atoms with Gasteiger partial charge in [-0.25, -0.2) is 4.98 Å². The average Bonchev–Trinajstić information content (AvgIpc) is 2.82. The Morgan fingerprint density at radius 1 is 1.20 bits per heavy atom. The number of aromatic nitrogens is 2. The molecule has 3 aromatic rings. The molecule has 3 rings (SSSR count). The van der Waals surface area contributed by atoms with E-state index in [0.29, 0.717) is 0 Å². The second kappa shape index (κ2) is 4.89. The molecular formula is C16H18N4. The highest BCUT2D eigenvalue weighted by molar-refractivity contribution is 5.81. The second-order valence-corrected chi connectivity index (χ2v) is 4.92. The maximum Gasteiger partial charge on any atom is 0.208 e. The molecule has 0 bridgehead atoms. The standard InChI is InChI=1S/C16H18N4/c1-3-20(13-6-4-5-11(2)9-13)16-18-14-8-7-12(17)10-15(14)19-16/h4-10H,3,17H2,1-2H3,(H,18,19). The number of nitrogens with one attached hydrogen (secondary N) is 1. The highest BCUT2D eigenvalue weighted by Gasteiger charge is 2.12. The quantitative estimate of drug-likeness (QED) is 0.712. The molecule has 0 aliphatic rings. The average molecular weight is 266 g/mol. The van der Waals surface area contributed by atoms with Crippen molar-refractivity contribution in [1.82, 2.24) is 9.97 Å². The minimum atomic E-state index is 0.742. The maximum atomic E-state index is 5.81. The van der Waals surface area contributed by atoms with Gasteiger partial charge in [-0.2, -0.15) is 0 Å². The molecule has 1 heterocycles. The van der Waals surface area contributed by atoms with Crippen LogP contribution < -0.4 is 10.6 Å². The van der Waals surface area contributed by atoms with Crippen molar-refractivity contribution in [2.75, 3.05) is 17.2 Å². The molecule has 3 N–H and O–H groups in total. The first-order chi connectivity index (χ1) is 9.67. The van der Waals surface area contributed by atoms with Crippen molar-refractivity contribution in [3.05, 3.63) is 48.0 Å². The van der Waals surface area contributed by atoms with E-state index in [1.165, 1.54) is 5.56 Å². The maximum absolute atomic E-state index is 5.81. The van der Waals surface area contributed by atoms with Gasteiger partial charge in [0.25, 0.3) is 0 Å². The van der Waals surface area contributed by atoms with Crippen molar-refractivity contribution in [1.29, 1.82) is 0 Å². The van der Waals surface area contributed by atoms with E-state index in [-0.39, 0.29) is 0 Å². The third kappa shape index (κ3) is 2.20. The molecular weight excluding hydrogens is 248 g/mol. The number of fused-ring (bicyclic) bond motifs is 1. The summed E-state index contributed by atoms with van der Waals surface area (Å²) in [4.78, 5) is 10.1. The zero-order valence-corrected chi connectivity index (χ0v) is 11.7. The molecule has 0 aliphatic carbocycles. The van der Waals surface area contributed by atoms with E-state index in [4.69, 9.17) is 5.73 Å². The molecule has 0 radical (unpaired) electrons. The molecule has 1 aromatic heterocycles. The molecule has 0 fully saturated rings. The van der Waals surface area contributed by atoms with Gasteiger partial charge in [0, 0.05) is 17.9 Å². The Kier molecular flexibility index (Phi) is 3.06. The lowest BCUT2D eigenvalue weighted by Crippen LogP contribution is -2.17. The highest BCUT2D eigenvalue weighted by Crippen LogP contribution is 2.26. The van der Waals surface area contributed by atoms with Gasteiger partial charge < -0.3 is 15.6 Å². The van der Waals surface area contributed by atoms with Crippen molar-refractivity contribution >= 4 is 28.4 Å². The second-order valence-electron chi connectivity index (χ2n) is 4.92. The fourth-order valence-electron chi connectivity index (χ4n) is 2.39. The molecule has 4 heteroatoms. The number of nitrogen functional groups attached to an aromatic ring is 1. The Hall–Kier alpha value is -2.49. The van der Waals surface area contributed by atoms with Crippen molar-refractivity contribution < 1.29 is 0 Å². The number of nitrogens with two attached hydrogens (primary N) is 1. The molecule has 0 saturated carbocycles. The van der Waals surface area contributed by atoms with Gasteiger partial charge in [-0.1, -0.05) is 12.1 Å². The predicted octanol–water partition coefficient (Wildman–Crippen LogP) is 3.61. The summed E-state index contributed by atoms with van der Waals surface area (Å²) in [5, 5.41) is 0. The van der Waals surface area contributed by atoms with Crippen molar-refractivity contribution in [2.45, 2.75) is 13.8 Å². The number of benzene rings is 2. The van der Waals surface area contributed by atoms with Crippen LogP contribution in [0.4, 0.5) is 17.3 Å². The van der Waals surface area contributed by atoms with Crippen LogP contribution in [0.3, 0.4) is 0 Å². The van der Waals surface area contributed by atoms with Crippen molar-refractivity contribution in [3.63, 3.8) is 0 Å². The van der Waals surface area contributed by atoms with E-state index in [1.54, 1.807) is 0 Å². The lowest BCUT2D eigenvalue weighted by atomic mass is 10.2. The number of anilines is 3. The van der Waals surface area contributed by atoms with Gasteiger partial charge in [0.05, 0.1) is 11.0 Å². The van der Waals surface area contributed by atoms with Gasteiger partial charge in [-0.05, 0) is 49.7 Å². The Balaban J connectivity index is 2.07. The zero-order valence-electron chi connectivity index (χ0n) is 11.7. The van der Waals surface area contributed by atoms with Gasteiger partial charge in [0.2, 0.25) is 5.95 Å². The van der Waals surface area contributed by atoms with Crippen LogP contribution in [0.5, 0.6) is 0 Å². The summed E-state index contributed by atoms with van der Waals surface area (Å²) in [6.45, 7) is 5.05. The Labute approximate surface area is 118 Å². The summed E-state index contributed by atoms with van der Waals surface area (Å²) >= 11 is 0. The normalized spacial score (nSPS) is 10.9. The van der Waals surface area contributed by atoms with Crippen LogP contribution in [0.25, 0.3) is 11.0 Å². The van der Waals surface area contributed by atoms with Crippen LogP contribution >= 0.6 is 0 Å². The molecule has 102 valence electrons. The molecule has 0 unspecified atom stereocenters. The predicted molar refractivity (Wildman–Crippen MR) is 84.4 cm³/mol. The number of hydrogen-bond acceptors (Lipinski definition) is 3. The first-order valence-corrected chi connectivity index (χ1v) is 6.77. The molecule has 0 atom stereocenters. The Morgan fingerprint density at radius 2 is 2.05 bits per heavy atom. The largest absolute Gasteiger partial charge is 0.399 e. The van der Waals surface area contributed by atoms with E-state index in [2.05, 4.69) is 53.0 Å². The number of nitrogens with zero attached hydrogens (tertiary/aromatic N) is 2. The summed E-state index contributed by atoms with van der Waals surface area (Å²) in [6, 6.07) is 14.1. The topological polar surface area (TPSA) is 57.9 Å². The van der Waals surface area contributed by atoms with E-state index >= 15 is 0 Å². The van der Waals surface area contributed by atoms with E-state index in [1.807, 2.05) is 18.2 Å². The van der Waals surface area contributed by atoms with Crippen LogP contribution in [0, 0.1) is 6.92 Å². The Morgan fingerprint density at radius 3 is 2.80 bits per heavy atom.